The summed E-state index contributed by atoms with van der Waals surface area (Å²) in [6.45, 7) is 4.96. The molecule has 0 rings (SSSR count). The molecule has 0 aliphatic rings. The molecule has 0 aromatic rings. The molecule has 0 aliphatic heterocycles. The van der Waals surface area contributed by atoms with Crippen LogP contribution in [-0.4, -0.2) is 47.4 Å². The maximum absolute atomic E-state index is 12.5. The number of esters is 1. The highest BCUT2D eigenvalue weighted by atomic mass is 16.5. The number of amides is 1. The molecule has 0 radical (unpaired) electrons. The van der Waals surface area contributed by atoms with Crippen LogP contribution in [0.3, 0.4) is 0 Å². The number of aliphatic hydroxyl groups excluding tert-OH is 2. The van der Waals surface area contributed by atoms with Gasteiger partial charge in [0.05, 0.1) is 25.4 Å². The minimum atomic E-state index is -0.660. The van der Waals surface area contributed by atoms with Gasteiger partial charge in [-0.05, 0) is 77.0 Å². The van der Waals surface area contributed by atoms with Crippen molar-refractivity contribution in [1.29, 1.82) is 0 Å². The molecule has 79 heavy (non-hydrogen) atoms. The second-order valence-electron chi connectivity index (χ2n) is 24.9. The third-order valence-electron chi connectivity index (χ3n) is 17.0. The van der Waals surface area contributed by atoms with Crippen LogP contribution in [0.5, 0.6) is 0 Å². The standard InChI is InChI=1S/C73H141NO5/c1-3-5-7-9-11-13-15-42-47-51-55-59-63-67-73(78)79-68-64-60-56-52-48-44-41-39-37-35-33-31-29-27-25-23-21-19-17-18-20-22-24-26-28-30-32-34-36-38-40-43-46-50-54-58-62-66-72(77)74-70(69-75)71(76)65-61-57-53-49-45-16-14-12-10-8-6-4-2/h13,15,17,19,70-71,75-76H,3-12,14,16,18,20-69H2,1-2H3,(H,74,77)/b15-13-,19-17-. The van der Waals surface area contributed by atoms with Crippen molar-refractivity contribution in [3.63, 3.8) is 0 Å². The van der Waals surface area contributed by atoms with Gasteiger partial charge in [-0.2, -0.15) is 0 Å². The van der Waals surface area contributed by atoms with Crippen molar-refractivity contribution in [2.75, 3.05) is 13.2 Å². The van der Waals surface area contributed by atoms with Crippen molar-refractivity contribution in [3.05, 3.63) is 24.3 Å². The molecule has 0 saturated carbocycles. The zero-order valence-corrected chi connectivity index (χ0v) is 53.6. The lowest BCUT2D eigenvalue weighted by molar-refractivity contribution is -0.143. The van der Waals surface area contributed by atoms with Gasteiger partial charge < -0.3 is 20.3 Å². The maximum atomic E-state index is 12.5. The van der Waals surface area contributed by atoms with Gasteiger partial charge in [0.1, 0.15) is 0 Å². The summed E-state index contributed by atoms with van der Waals surface area (Å²) in [5.41, 5.74) is 0. The Morgan fingerprint density at radius 1 is 0.342 bits per heavy atom. The predicted molar refractivity (Wildman–Crippen MR) is 347 cm³/mol. The number of ether oxygens (including phenoxy) is 1. The molecule has 0 aromatic carbocycles. The predicted octanol–water partition coefficient (Wildman–Crippen LogP) is 23.3. The smallest absolute Gasteiger partial charge is 0.305 e. The first-order valence-corrected chi connectivity index (χ1v) is 36.1. The lowest BCUT2D eigenvalue weighted by Gasteiger charge is -2.22. The van der Waals surface area contributed by atoms with Gasteiger partial charge in [-0.25, -0.2) is 0 Å². The van der Waals surface area contributed by atoms with E-state index >= 15 is 0 Å². The molecule has 0 aliphatic carbocycles. The molecule has 0 spiro atoms. The van der Waals surface area contributed by atoms with Gasteiger partial charge in [-0.15, -0.1) is 0 Å². The van der Waals surface area contributed by atoms with Crippen LogP contribution in [-0.2, 0) is 14.3 Å². The number of allylic oxidation sites excluding steroid dienone is 4. The average Bonchev–Trinajstić information content (AvgIpc) is 3.45. The molecule has 0 fully saturated rings. The van der Waals surface area contributed by atoms with Crippen LogP contribution >= 0.6 is 0 Å². The minimum absolute atomic E-state index is 0.0126. The summed E-state index contributed by atoms with van der Waals surface area (Å²) in [7, 11) is 0. The Labute approximate surface area is 494 Å². The van der Waals surface area contributed by atoms with Crippen LogP contribution in [0, 0.1) is 0 Å². The van der Waals surface area contributed by atoms with Crippen molar-refractivity contribution < 1.29 is 24.5 Å². The molecule has 6 nitrogen and oxygen atoms in total. The Balaban J connectivity index is 3.31. The van der Waals surface area contributed by atoms with E-state index in [1.165, 1.54) is 327 Å². The normalized spacial score (nSPS) is 12.6. The summed E-state index contributed by atoms with van der Waals surface area (Å²) in [4.78, 5) is 24.5. The number of carbonyl (C=O) groups is 2. The molecule has 2 atom stereocenters. The van der Waals surface area contributed by atoms with Crippen LogP contribution in [0.2, 0.25) is 0 Å². The first-order chi connectivity index (χ1) is 39.0. The summed E-state index contributed by atoms with van der Waals surface area (Å²) < 4.78 is 5.48. The molecule has 1 amide bonds. The van der Waals surface area contributed by atoms with Crippen molar-refractivity contribution in [1.82, 2.24) is 5.32 Å². The van der Waals surface area contributed by atoms with Gasteiger partial charge in [-0.3, -0.25) is 9.59 Å². The topological polar surface area (TPSA) is 95.9 Å². The van der Waals surface area contributed by atoms with E-state index in [0.29, 0.717) is 25.9 Å². The molecular weight excluding hydrogens is 971 g/mol. The fraction of sp³-hybridized carbons (Fsp3) is 0.918. The Bertz CT molecular complexity index is 1230. The molecule has 0 saturated heterocycles. The van der Waals surface area contributed by atoms with Gasteiger partial charge in [0, 0.05) is 12.8 Å². The molecule has 3 N–H and O–H groups in total. The van der Waals surface area contributed by atoms with Crippen LogP contribution in [0.15, 0.2) is 24.3 Å². The maximum Gasteiger partial charge on any atom is 0.305 e. The molecule has 6 heteroatoms. The van der Waals surface area contributed by atoms with Crippen LogP contribution in [0.25, 0.3) is 0 Å². The summed E-state index contributed by atoms with van der Waals surface area (Å²) in [6, 6.07) is -0.537. The Morgan fingerprint density at radius 2 is 0.595 bits per heavy atom. The third kappa shape index (κ3) is 65.4. The summed E-state index contributed by atoms with van der Waals surface area (Å²) in [5.74, 6) is -0.0167. The second-order valence-corrected chi connectivity index (χ2v) is 24.9. The monoisotopic (exact) mass is 1110 g/mol. The van der Waals surface area contributed by atoms with Gasteiger partial charge >= 0.3 is 5.97 Å². The molecule has 2 unspecified atom stereocenters. The average molecular weight is 1110 g/mol. The summed E-state index contributed by atoms with van der Waals surface area (Å²) in [6.07, 6.45) is 86.8. The number of aliphatic hydroxyl groups is 2. The van der Waals surface area contributed by atoms with Crippen molar-refractivity contribution in [3.8, 4) is 0 Å². The van der Waals surface area contributed by atoms with E-state index in [1.54, 1.807) is 0 Å². The van der Waals surface area contributed by atoms with Gasteiger partial charge in [-0.1, -0.05) is 340 Å². The Hall–Kier alpha value is -1.66. The third-order valence-corrected chi connectivity index (χ3v) is 17.0. The van der Waals surface area contributed by atoms with Crippen LogP contribution in [0.1, 0.15) is 406 Å². The summed E-state index contributed by atoms with van der Waals surface area (Å²) >= 11 is 0. The van der Waals surface area contributed by atoms with E-state index in [-0.39, 0.29) is 18.5 Å². The van der Waals surface area contributed by atoms with E-state index in [4.69, 9.17) is 4.74 Å². The van der Waals surface area contributed by atoms with E-state index in [0.717, 1.165) is 44.9 Å². The lowest BCUT2D eigenvalue weighted by Crippen LogP contribution is -2.45. The van der Waals surface area contributed by atoms with E-state index in [2.05, 4.69) is 43.5 Å². The highest BCUT2D eigenvalue weighted by molar-refractivity contribution is 5.76. The Morgan fingerprint density at radius 3 is 0.911 bits per heavy atom. The number of unbranched alkanes of at least 4 members (excludes halogenated alkanes) is 53. The quantitative estimate of drug-likeness (QED) is 0.0320. The SMILES string of the molecule is CCCCCC/C=C\CCCCCCCC(=O)OCCCCCCCCCCCCCCCCCC/C=C\CCCCCCCCCCCCCCCCCCCC(=O)NC(CO)C(O)CCCCCCCCCCCCCC. The lowest BCUT2D eigenvalue weighted by atomic mass is 10.0. The van der Waals surface area contributed by atoms with E-state index < -0.39 is 12.1 Å². The number of nitrogens with one attached hydrogen (secondary N) is 1. The fourth-order valence-corrected chi connectivity index (χ4v) is 11.5. The highest BCUT2D eigenvalue weighted by Crippen LogP contribution is 2.19. The molecule has 0 bridgehead atoms. The van der Waals surface area contributed by atoms with Crippen LogP contribution < -0.4 is 5.32 Å². The number of hydrogen-bond acceptors (Lipinski definition) is 5. The molecular formula is C73H141NO5. The van der Waals surface area contributed by atoms with Crippen molar-refractivity contribution in [2.45, 2.75) is 418 Å². The molecule has 0 aromatic heterocycles. The second kappa shape index (κ2) is 68.8. The van der Waals surface area contributed by atoms with Crippen molar-refractivity contribution in [2.24, 2.45) is 0 Å². The Kier molecular flexibility index (Phi) is 67.4. The molecule has 468 valence electrons. The van der Waals surface area contributed by atoms with Gasteiger partial charge in [0.15, 0.2) is 0 Å². The number of carbonyl (C=O) groups excluding carboxylic acids is 2. The first kappa shape index (κ1) is 77.3. The zero-order chi connectivity index (χ0) is 57.1. The first-order valence-electron chi connectivity index (χ1n) is 36.1. The largest absolute Gasteiger partial charge is 0.466 e. The summed E-state index contributed by atoms with van der Waals surface area (Å²) in [5, 5.41) is 23.3. The minimum Gasteiger partial charge on any atom is -0.466 e. The van der Waals surface area contributed by atoms with E-state index in [1.807, 2.05) is 0 Å². The van der Waals surface area contributed by atoms with Crippen LogP contribution in [0.4, 0.5) is 0 Å². The van der Waals surface area contributed by atoms with Gasteiger partial charge in [0.2, 0.25) is 5.91 Å². The number of hydrogen-bond donors (Lipinski definition) is 3. The molecule has 0 heterocycles. The number of rotatable bonds is 68. The highest BCUT2D eigenvalue weighted by Gasteiger charge is 2.20. The van der Waals surface area contributed by atoms with E-state index in [9.17, 15) is 19.8 Å². The van der Waals surface area contributed by atoms with Gasteiger partial charge in [0.25, 0.3) is 0 Å². The zero-order valence-electron chi connectivity index (χ0n) is 53.6. The fourth-order valence-electron chi connectivity index (χ4n) is 11.5. The van der Waals surface area contributed by atoms with Crippen molar-refractivity contribution >= 4 is 11.9 Å².